The number of rotatable bonds is 4. The Kier molecular flexibility index (Phi) is 5.79. The Morgan fingerprint density at radius 1 is 1.32 bits per heavy atom. The fourth-order valence-corrected chi connectivity index (χ4v) is 2.49. The van der Waals surface area contributed by atoms with Gasteiger partial charge in [-0.2, -0.15) is 0 Å². The number of nitrogens with one attached hydrogen (secondary N) is 1. The van der Waals surface area contributed by atoms with Gasteiger partial charge in [-0.3, -0.25) is 14.4 Å². The minimum absolute atomic E-state index is 0.0357. The van der Waals surface area contributed by atoms with Gasteiger partial charge >= 0.3 is 5.97 Å². The third kappa shape index (κ3) is 4.89. The number of piperidine rings is 1. The first-order valence-electron chi connectivity index (χ1n) is 6.57. The van der Waals surface area contributed by atoms with E-state index in [2.05, 4.69) is 10.1 Å². The molecule has 2 amide bonds. The molecule has 0 spiro atoms. The maximum atomic E-state index is 11.8. The summed E-state index contributed by atoms with van der Waals surface area (Å²) < 4.78 is 4.66. The van der Waals surface area contributed by atoms with Crippen molar-refractivity contribution in [3.63, 3.8) is 0 Å². The molecule has 0 bridgehead atoms. The normalized spacial score (nSPS) is 22.8. The van der Waals surface area contributed by atoms with Crippen molar-refractivity contribution in [1.82, 2.24) is 10.2 Å². The summed E-state index contributed by atoms with van der Waals surface area (Å²) >= 11 is 0. The van der Waals surface area contributed by atoms with Crippen molar-refractivity contribution in [3.05, 3.63) is 0 Å². The molecule has 19 heavy (non-hydrogen) atoms. The molecule has 0 aromatic carbocycles. The molecular formula is C13H22N2O4. The Labute approximate surface area is 113 Å². The van der Waals surface area contributed by atoms with Gasteiger partial charge in [0.2, 0.25) is 11.8 Å². The van der Waals surface area contributed by atoms with Crippen LogP contribution in [0.25, 0.3) is 0 Å². The van der Waals surface area contributed by atoms with Crippen LogP contribution in [0.4, 0.5) is 0 Å². The van der Waals surface area contributed by atoms with Gasteiger partial charge in [0.25, 0.3) is 0 Å². The standard InChI is InChI=1S/C13H22N2O4/c1-4-12(17)15-7-10(6-13(18)19-3)5-11(8-15)14-9(2)16/h10-11H,4-8H2,1-3H3,(H,14,16). The molecule has 2 atom stereocenters. The minimum Gasteiger partial charge on any atom is -0.469 e. The fraction of sp³-hybridized carbons (Fsp3) is 0.769. The topological polar surface area (TPSA) is 75.7 Å². The minimum atomic E-state index is -0.280. The quantitative estimate of drug-likeness (QED) is 0.746. The first-order valence-corrected chi connectivity index (χ1v) is 6.57. The number of methoxy groups -OCH3 is 1. The number of hydrogen-bond donors (Lipinski definition) is 1. The van der Waals surface area contributed by atoms with Crippen molar-refractivity contribution in [2.45, 2.75) is 39.2 Å². The number of carbonyl (C=O) groups excluding carboxylic acids is 3. The second-order valence-electron chi connectivity index (χ2n) is 4.93. The van der Waals surface area contributed by atoms with Crippen LogP contribution in [0.15, 0.2) is 0 Å². The van der Waals surface area contributed by atoms with E-state index < -0.39 is 0 Å². The van der Waals surface area contributed by atoms with Crippen LogP contribution < -0.4 is 5.32 Å². The zero-order valence-corrected chi connectivity index (χ0v) is 11.8. The maximum Gasteiger partial charge on any atom is 0.305 e. The van der Waals surface area contributed by atoms with Crippen LogP contribution in [0, 0.1) is 5.92 Å². The van der Waals surface area contributed by atoms with Crippen molar-refractivity contribution in [1.29, 1.82) is 0 Å². The SMILES string of the molecule is CCC(=O)N1CC(CC(=O)OC)CC(NC(C)=O)C1. The molecule has 1 heterocycles. The Bertz CT molecular complexity index is 357. The lowest BCUT2D eigenvalue weighted by Gasteiger charge is -2.37. The number of hydrogen-bond acceptors (Lipinski definition) is 4. The molecular weight excluding hydrogens is 248 g/mol. The van der Waals surface area contributed by atoms with Gasteiger partial charge in [0.1, 0.15) is 0 Å². The van der Waals surface area contributed by atoms with Crippen LogP contribution in [-0.4, -0.2) is 48.9 Å². The van der Waals surface area contributed by atoms with E-state index in [0.29, 0.717) is 25.9 Å². The molecule has 0 radical (unpaired) electrons. The van der Waals surface area contributed by atoms with Crippen LogP contribution >= 0.6 is 0 Å². The van der Waals surface area contributed by atoms with Crippen LogP contribution in [0.3, 0.4) is 0 Å². The monoisotopic (exact) mass is 270 g/mol. The fourth-order valence-electron chi connectivity index (χ4n) is 2.49. The molecule has 1 fully saturated rings. The first-order chi connectivity index (χ1) is 8.96. The molecule has 2 unspecified atom stereocenters. The summed E-state index contributed by atoms with van der Waals surface area (Å²) in [5.74, 6) is -0.316. The van der Waals surface area contributed by atoms with E-state index in [0.717, 1.165) is 0 Å². The largest absolute Gasteiger partial charge is 0.469 e. The van der Waals surface area contributed by atoms with E-state index in [1.54, 1.807) is 11.8 Å². The Morgan fingerprint density at radius 2 is 2.00 bits per heavy atom. The molecule has 1 rings (SSSR count). The molecule has 1 aliphatic rings. The van der Waals surface area contributed by atoms with Gasteiger partial charge < -0.3 is 15.0 Å². The second-order valence-corrected chi connectivity index (χ2v) is 4.93. The lowest BCUT2D eigenvalue weighted by atomic mass is 9.91. The second kappa shape index (κ2) is 7.11. The van der Waals surface area contributed by atoms with Gasteiger partial charge in [-0.25, -0.2) is 0 Å². The van der Waals surface area contributed by atoms with Crippen molar-refractivity contribution < 1.29 is 19.1 Å². The lowest BCUT2D eigenvalue weighted by molar-refractivity contribution is -0.144. The number of amides is 2. The molecule has 6 nitrogen and oxygen atoms in total. The number of carbonyl (C=O) groups is 3. The van der Waals surface area contributed by atoms with Gasteiger partial charge in [-0.05, 0) is 12.3 Å². The van der Waals surface area contributed by atoms with Gasteiger partial charge in [0, 0.05) is 32.5 Å². The van der Waals surface area contributed by atoms with Crippen molar-refractivity contribution in [3.8, 4) is 0 Å². The lowest BCUT2D eigenvalue weighted by Crippen LogP contribution is -2.52. The number of nitrogens with zero attached hydrogens (tertiary/aromatic N) is 1. The highest BCUT2D eigenvalue weighted by molar-refractivity contribution is 5.77. The van der Waals surface area contributed by atoms with Gasteiger partial charge in [-0.1, -0.05) is 6.92 Å². The van der Waals surface area contributed by atoms with Crippen LogP contribution in [0.5, 0.6) is 0 Å². The summed E-state index contributed by atoms with van der Waals surface area (Å²) in [5.41, 5.74) is 0. The number of esters is 1. The van der Waals surface area contributed by atoms with E-state index >= 15 is 0 Å². The highest BCUT2D eigenvalue weighted by Gasteiger charge is 2.31. The third-order valence-electron chi connectivity index (χ3n) is 3.28. The average molecular weight is 270 g/mol. The summed E-state index contributed by atoms with van der Waals surface area (Å²) in [7, 11) is 1.35. The first kappa shape index (κ1) is 15.5. The summed E-state index contributed by atoms with van der Waals surface area (Å²) in [6, 6.07) is -0.0867. The van der Waals surface area contributed by atoms with Crippen LogP contribution in [-0.2, 0) is 19.1 Å². The highest BCUT2D eigenvalue weighted by Crippen LogP contribution is 2.21. The van der Waals surface area contributed by atoms with E-state index in [1.165, 1.54) is 14.0 Å². The van der Waals surface area contributed by atoms with Gasteiger partial charge in [-0.15, -0.1) is 0 Å². The Morgan fingerprint density at radius 3 is 2.53 bits per heavy atom. The predicted molar refractivity (Wildman–Crippen MR) is 69.2 cm³/mol. The van der Waals surface area contributed by atoms with Gasteiger partial charge in [0.05, 0.1) is 13.5 Å². The molecule has 108 valence electrons. The van der Waals surface area contributed by atoms with E-state index in [9.17, 15) is 14.4 Å². The summed E-state index contributed by atoms with van der Waals surface area (Å²) in [4.78, 5) is 36.0. The number of ether oxygens (including phenoxy) is 1. The summed E-state index contributed by atoms with van der Waals surface area (Å²) in [5, 5.41) is 2.83. The summed E-state index contributed by atoms with van der Waals surface area (Å²) in [6.45, 7) is 4.33. The zero-order chi connectivity index (χ0) is 14.4. The third-order valence-corrected chi connectivity index (χ3v) is 3.28. The molecule has 1 N–H and O–H groups in total. The van der Waals surface area contributed by atoms with Crippen LogP contribution in [0.2, 0.25) is 0 Å². The molecule has 1 saturated heterocycles. The van der Waals surface area contributed by atoms with E-state index in [-0.39, 0.29) is 36.2 Å². The molecule has 0 saturated carbocycles. The van der Waals surface area contributed by atoms with E-state index in [1.807, 2.05) is 0 Å². The molecule has 6 heteroatoms. The van der Waals surface area contributed by atoms with E-state index in [4.69, 9.17) is 0 Å². The maximum absolute atomic E-state index is 11.8. The number of likely N-dealkylation sites (tertiary alicyclic amines) is 1. The summed E-state index contributed by atoms with van der Waals surface area (Å²) in [6.07, 6.45) is 1.40. The Balaban J connectivity index is 2.68. The van der Waals surface area contributed by atoms with Crippen molar-refractivity contribution >= 4 is 17.8 Å². The Hall–Kier alpha value is -1.59. The predicted octanol–water partition coefficient (Wildman–Crippen LogP) is 0.313. The molecule has 0 aromatic heterocycles. The molecule has 1 aliphatic heterocycles. The van der Waals surface area contributed by atoms with Crippen molar-refractivity contribution in [2.24, 2.45) is 5.92 Å². The van der Waals surface area contributed by atoms with Gasteiger partial charge in [0.15, 0.2) is 0 Å². The zero-order valence-electron chi connectivity index (χ0n) is 11.8. The average Bonchev–Trinajstić information content (AvgIpc) is 2.36. The molecule has 0 aromatic rings. The van der Waals surface area contributed by atoms with Crippen LogP contribution in [0.1, 0.15) is 33.1 Å². The molecule has 0 aliphatic carbocycles. The smallest absolute Gasteiger partial charge is 0.305 e. The van der Waals surface area contributed by atoms with Crippen molar-refractivity contribution in [2.75, 3.05) is 20.2 Å². The highest BCUT2D eigenvalue weighted by atomic mass is 16.5.